The van der Waals surface area contributed by atoms with Crippen molar-refractivity contribution in [3.8, 4) is 0 Å². The minimum absolute atomic E-state index is 0.00423. The first kappa shape index (κ1) is 17.9. The highest BCUT2D eigenvalue weighted by molar-refractivity contribution is 7.09. The van der Waals surface area contributed by atoms with Gasteiger partial charge < -0.3 is 10.0 Å². The standard InChI is InChI=1S/C17H26N2O3S/c1-11(2)17(15(21)22)6-7-19(10-17)13(20)8-12-9-23-14(18-12)16(3,4)5/h9,11H,6-8,10H2,1-5H3,(H,21,22). The van der Waals surface area contributed by atoms with E-state index in [1.807, 2.05) is 19.2 Å². The molecule has 1 aliphatic heterocycles. The van der Waals surface area contributed by atoms with Crippen molar-refractivity contribution >= 4 is 23.2 Å². The number of carboxylic acid groups (broad SMARTS) is 1. The van der Waals surface area contributed by atoms with Crippen LogP contribution in [0.5, 0.6) is 0 Å². The second-order valence-electron chi connectivity index (χ2n) is 7.75. The first-order valence-electron chi connectivity index (χ1n) is 8.02. The van der Waals surface area contributed by atoms with Crippen LogP contribution in [0.1, 0.15) is 51.7 Å². The lowest BCUT2D eigenvalue weighted by atomic mass is 9.76. The average Bonchev–Trinajstić information content (AvgIpc) is 3.04. The van der Waals surface area contributed by atoms with Gasteiger partial charge in [0.1, 0.15) is 0 Å². The lowest BCUT2D eigenvalue weighted by Gasteiger charge is -2.28. The molecule has 1 fully saturated rings. The van der Waals surface area contributed by atoms with E-state index in [1.54, 1.807) is 16.2 Å². The number of carbonyl (C=O) groups excluding carboxylic acids is 1. The van der Waals surface area contributed by atoms with Gasteiger partial charge in [0, 0.05) is 23.9 Å². The van der Waals surface area contributed by atoms with E-state index in [-0.39, 0.29) is 23.7 Å². The van der Waals surface area contributed by atoms with Gasteiger partial charge in [0.15, 0.2) is 0 Å². The predicted octanol–water partition coefficient (Wildman–Crippen LogP) is 2.94. The Hall–Kier alpha value is -1.43. The Morgan fingerprint density at radius 2 is 2.09 bits per heavy atom. The topological polar surface area (TPSA) is 70.5 Å². The van der Waals surface area contributed by atoms with Gasteiger partial charge in [-0.3, -0.25) is 9.59 Å². The summed E-state index contributed by atoms with van der Waals surface area (Å²) in [5, 5.41) is 12.5. The summed E-state index contributed by atoms with van der Waals surface area (Å²) in [6.07, 6.45) is 0.774. The van der Waals surface area contributed by atoms with Crippen molar-refractivity contribution in [1.82, 2.24) is 9.88 Å². The predicted molar refractivity (Wildman–Crippen MR) is 90.6 cm³/mol. The molecule has 0 radical (unpaired) electrons. The Bertz CT molecular complexity index is 603. The van der Waals surface area contributed by atoms with Crippen LogP contribution in [0.15, 0.2) is 5.38 Å². The van der Waals surface area contributed by atoms with Crippen LogP contribution in [0, 0.1) is 11.3 Å². The molecule has 1 aromatic rings. The molecule has 0 aromatic carbocycles. The molecule has 1 N–H and O–H groups in total. The van der Waals surface area contributed by atoms with Gasteiger partial charge in [0.25, 0.3) is 0 Å². The minimum Gasteiger partial charge on any atom is -0.481 e. The van der Waals surface area contributed by atoms with E-state index < -0.39 is 11.4 Å². The normalized spacial score (nSPS) is 21.9. The highest BCUT2D eigenvalue weighted by atomic mass is 32.1. The highest BCUT2D eigenvalue weighted by Gasteiger charge is 2.48. The Labute approximate surface area is 141 Å². The maximum atomic E-state index is 12.5. The molecule has 0 bridgehead atoms. The van der Waals surface area contributed by atoms with Crippen molar-refractivity contribution in [1.29, 1.82) is 0 Å². The third-order valence-corrected chi connectivity index (χ3v) is 6.03. The van der Waals surface area contributed by atoms with Crippen molar-refractivity contribution in [3.05, 3.63) is 16.1 Å². The average molecular weight is 338 g/mol. The van der Waals surface area contributed by atoms with Gasteiger partial charge in [-0.05, 0) is 12.3 Å². The summed E-state index contributed by atoms with van der Waals surface area (Å²) in [6.45, 7) is 10.9. The molecule has 1 aliphatic rings. The van der Waals surface area contributed by atoms with E-state index >= 15 is 0 Å². The zero-order valence-electron chi connectivity index (χ0n) is 14.5. The fraction of sp³-hybridized carbons (Fsp3) is 0.706. The van der Waals surface area contributed by atoms with E-state index in [0.29, 0.717) is 19.5 Å². The summed E-state index contributed by atoms with van der Waals surface area (Å²) in [5.74, 6) is -0.824. The zero-order chi connectivity index (χ0) is 17.4. The van der Waals surface area contributed by atoms with Gasteiger partial charge >= 0.3 is 5.97 Å². The van der Waals surface area contributed by atoms with Gasteiger partial charge in [-0.15, -0.1) is 11.3 Å². The molecule has 1 saturated heterocycles. The minimum atomic E-state index is -0.811. The third kappa shape index (κ3) is 3.57. The molecule has 1 amide bonds. The lowest BCUT2D eigenvalue weighted by Crippen LogP contribution is -2.41. The second kappa shape index (κ2) is 6.23. The van der Waals surface area contributed by atoms with Crippen LogP contribution in [0.2, 0.25) is 0 Å². The number of hydrogen-bond donors (Lipinski definition) is 1. The number of carboxylic acids is 1. The van der Waals surface area contributed by atoms with Crippen LogP contribution in [-0.2, 0) is 21.4 Å². The molecule has 1 aromatic heterocycles. The highest BCUT2D eigenvalue weighted by Crippen LogP contribution is 2.38. The maximum absolute atomic E-state index is 12.5. The smallest absolute Gasteiger partial charge is 0.311 e. The molecule has 23 heavy (non-hydrogen) atoms. The van der Waals surface area contributed by atoms with Crippen LogP contribution >= 0.6 is 11.3 Å². The van der Waals surface area contributed by atoms with Crippen LogP contribution in [0.3, 0.4) is 0 Å². The van der Waals surface area contributed by atoms with E-state index in [0.717, 1.165) is 10.7 Å². The van der Waals surface area contributed by atoms with E-state index in [2.05, 4.69) is 25.8 Å². The second-order valence-corrected chi connectivity index (χ2v) is 8.61. The van der Waals surface area contributed by atoms with E-state index in [9.17, 15) is 14.7 Å². The van der Waals surface area contributed by atoms with Crippen molar-refractivity contribution in [2.24, 2.45) is 11.3 Å². The lowest BCUT2D eigenvalue weighted by molar-refractivity contribution is -0.151. The number of nitrogens with zero attached hydrogens (tertiary/aromatic N) is 2. The number of thiazole rings is 1. The molecule has 0 saturated carbocycles. The van der Waals surface area contributed by atoms with Gasteiger partial charge in [0.05, 0.1) is 22.5 Å². The Morgan fingerprint density at radius 1 is 1.43 bits per heavy atom. The van der Waals surface area contributed by atoms with Crippen LogP contribution in [0.25, 0.3) is 0 Å². The SMILES string of the molecule is CC(C)C1(C(=O)O)CCN(C(=O)Cc2csc(C(C)(C)C)n2)C1. The fourth-order valence-corrected chi connectivity index (χ4v) is 3.85. The Kier molecular flexibility index (Phi) is 4.85. The number of aromatic nitrogens is 1. The van der Waals surface area contributed by atoms with Crippen molar-refractivity contribution in [2.45, 2.75) is 52.9 Å². The molecule has 1 atom stereocenters. The van der Waals surface area contributed by atoms with Gasteiger partial charge in [-0.25, -0.2) is 4.98 Å². The molecule has 2 rings (SSSR count). The molecular weight excluding hydrogens is 312 g/mol. The van der Waals surface area contributed by atoms with Gasteiger partial charge in [-0.1, -0.05) is 34.6 Å². The summed E-state index contributed by atoms with van der Waals surface area (Å²) >= 11 is 1.57. The number of carbonyl (C=O) groups is 2. The van der Waals surface area contributed by atoms with Crippen molar-refractivity contribution < 1.29 is 14.7 Å². The first-order chi connectivity index (χ1) is 10.6. The molecule has 0 spiro atoms. The van der Waals surface area contributed by atoms with E-state index in [4.69, 9.17) is 0 Å². The summed E-state index contributed by atoms with van der Waals surface area (Å²) in [4.78, 5) is 30.4. The molecule has 5 nitrogen and oxygen atoms in total. The number of hydrogen-bond acceptors (Lipinski definition) is 4. The molecule has 0 aliphatic carbocycles. The first-order valence-corrected chi connectivity index (χ1v) is 8.90. The maximum Gasteiger partial charge on any atom is 0.311 e. The summed E-state index contributed by atoms with van der Waals surface area (Å²) < 4.78 is 0. The van der Waals surface area contributed by atoms with Gasteiger partial charge in [-0.2, -0.15) is 0 Å². The number of likely N-dealkylation sites (tertiary alicyclic amines) is 1. The van der Waals surface area contributed by atoms with Crippen molar-refractivity contribution in [3.63, 3.8) is 0 Å². The summed E-state index contributed by atoms with van der Waals surface area (Å²) in [7, 11) is 0. The molecule has 2 heterocycles. The Balaban J connectivity index is 2.05. The summed E-state index contributed by atoms with van der Waals surface area (Å²) in [6, 6.07) is 0. The molecule has 1 unspecified atom stereocenters. The molecule has 6 heteroatoms. The van der Waals surface area contributed by atoms with Crippen LogP contribution in [-0.4, -0.2) is 40.0 Å². The Morgan fingerprint density at radius 3 is 2.52 bits per heavy atom. The molecule has 128 valence electrons. The zero-order valence-corrected chi connectivity index (χ0v) is 15.4. The third-order valence-electron chi connectivity index (χ3n) is 4.71. The van der Waals surface area contributed by atoms with E-state index in [1.165, 1.54) is 0 Å². The number of rotatable bonds is 4. The quantitative estimate of drug-likeness (QED) is 0.916. The summed E-state index contributed by atoms with van der Waals surface area (Å²) in [5.41, 5.74) is -0.0494. The van der Waals surface area contributed by atoms with Crippen LogP contribution in [0.4, 0.5) is 0 Å². The van der Waals surface area contributed by atoms with Gasteiger partial charge in [0.2, 0.25) is 5.91 Å². The van der Waals surface area contributed by atoms with Crippen LogP contribution < -0.4 is 0 Å². The number of aliphatic carboxylic acids is 1. The monoisotopic (exact) mass is 338 g/mol. The van der Waals surface area contributed by atoms with Crippen molar-refractivity contribution in [2.75, 3.05) is 13.1 Å². The molecular formula is C17H26N2O3S. The fourth-order valence-electron chi connectivity index (χ4n) is 2.94. The largest absolute Gasteiger partial charge is 0.481 e. The number of amides is 1.